The van der Waals surface area contributed by atoms with Crippen LogP contribution in [0.25, 0.3) is 11.4 Å². The number of pyridine rings is 1. The predicted molar refractivity (Wildman–Crippen MR) is 115 cm³/mol. The Labute approximate surface area is 176 Å². The van der Waals surface area contributed by atoms with Crippen molar-refractivity contribution in [3.63, 3.8) is 0 Å². The largest absolute Gasteiger partial charge is 0.354 e. The molecule has 0 atom stereocenters. The van der Waals surface area contributed by atoms with Crippen molar-refractivity contribution in [1.82, 2.24) is 30.1 Å². The Kier molecular flexibility index (Phi) is 6.62. The molecule has 3 aromatic rings. The number of nitriles is 1. The number of piperazine rings is 1. The highest BCUT2D eigenvalue weighted by Gasteiger charge is 2.17. The van der Waals surface area contributed by atoms with E-state index in [1.54, 1.807) is 17.1 Å². The fourth-order valence-corrected chi connectivity index (χ4v) is 3.67. The zero-order valence-corrected chi connectivity index (χ0v) is 17.1. The Bertz CT molecular complexity index is 970. The number of unbranched alkanes of at least 4 members (excludes halogenated alkanes) is 2. The third-order valence-electron chi connectivity index (χ3n) is 5.39. The summed E-state index contributed by atoms with van der Waals surface area (Å²) in [6, 6.07) is 15.7. The number of nitrogens with zero attached hydrogens (tertiary/aromatic N) is 8. The average Bonchev–Trinajstić information content (AvgIpc) is 3.29. The third-order valence-corrected chi connectivity index (χ3v) is 5.39. The first-order chi connectivity index (χ1) is 14.8. The molecule has 154 valence electrons. The van der Waals surface area contributed by atoms with Crippen molar-refractivity contribution in [1.29, 1.82) is 5.26 Å². The third kappa shape index (κ3) is 5.19. The molecule has 0 bridgehead atoms. The maximum Gasteiger partial charge on any atom is 0.204 e. The smallest absolute Gasteiger partial charge is 0.204 e. The number of hydrogen-bond acceptors (Lipinski definition) is 7. The van der Waals surface area contributed by atoms with E-state index in [2.05, 4.69) is 36.3 Å². The fourth-order valence-electron chi connectivity index (χ4n) is 3.67. The van der Waals surface area contributed by atoms with Crippen LogP contribution in [0.4, 0.5) is 5.82 Å². The summed E-state index contributed by atoms with van der Waals surface area (Å²) in [5.41, 5.74) is 1.66. The second kappa shape index (κ2) is 9.94. The molecule has 1 aliphatic heterocycles. The van der Waals surface area contributed by atoms with Crippen molar-refractivity contribution < 1.29 is 0 Å². The molecule has 0 spiro atoms. The molecule has 3 heterocycles. The quantitative estimate of drug-likeness (QED) is 0.535. The van der Waals surface area contributed by atoms with Gasteiger partial charge in [0.15, 0.2) is 0 Å². The van der Waals surface area contributed by atoms with Gasteiger partial charge >= 0.3 is 0 Å². The number of tetrazole rings is 1. The lowest BCUT2D eigenvalue weighted by molar-refractivity contribution is 0.250. The van der Waals surface area contributed by atoms with E-state index in [-0.39, 0.29) is 0 Å². The molecule has 30 heavy (non-hydrogen) atoms. The molecule has 0 radical (unpaired) electrons. The predicted octanol–water partition coefficient (Wildman–Crippen LogP) is 2.60. The summed E-state index contributed by atoms with van der Waals surface area (Å²) in [5.74, 6) is 1.59. The van der Waals surface area contributed by atoms with Gasteiger partial charge in [-0.1, -0.05) is 36.8 Å². The summed E-state index contributed by atoms with van der Waals surface area (Å²) in [4.78, 5) is 10.9. The van der Waals surface area contributed by atoms with Crippen LogP contribution >= 0.6 is 0 Å². The van der Waals surface area contributed by atoms with Gasteiger partial charge in [-0.3, -0.25) is 4.90 Å². The molecule has 0 unspecified atom stereocenters. The molecule has 1 aromatic carbocycles. The topological polar surface area (TPSA) is 86.8 Å². The van der Waals surface area contributed by atoms with Crippen molar-refractivity contribution in [2.24, 2.45) is 0 Å². The molecule has 0 N–H and O–H groups in total. The lowest BCUT2D eigenvalue weighted by atomic mass is 10.2. The Morgan fingerprint density at radius 3 is 2.53 bits per heavy atom. The van der Waals surface area contributed by atoms with Crippen LogP contribution in [0.3, 0.4) is 0 Å². The Hall–Kier alpha value is -3.31. The van der Waals surface area contributed by atoms with Gasteiger partial charge < -0.3 is 4.90 Å². The Morgan fingerprint density at radius 1 is 0.933 bits per heavy atom. The van der Waals surface area contributed by atoms with Crippen LogP contribution in [-0.2, 0) is 6.54 Å². The molecule has 8 nitrogen and oxygen atoms in total. The first-order valence-corrected chi connectivity index (χ1v) is 10.5. The maximum absolute atomic E-state index is 9.05. The summed E-state index contributed by atoms with van der Waals surface area (Å²) in [6.45, 7) is 5.88. The monoisotopic (exact) mass is 402 g/mol. The summed E-state index contributed by atoms with van der Waals surface area (Å²) in [5, 5.41) is 21.8. The SMILES string of the molecule is N#Cc1ccnc(N2CCN(CCCCCn3nnc(-c4ccccc4)n3)CC2)c1. The van der Waals surface area contributed by atoms with Crippen LogP contribution in [-0.4, -0.2) is 62.8 Å². The Morgan fingerprint density at radius 2 is 1.73 bits per heavy atom. The van der Waals surface area contributed by atoms with E-state index in [1.165, 1.54) is 6.42 Å². The second-order valence-electron chi connectivity index (χ2n) is 7.48. The molecule has 1 fully saturated rings. The van der Waals surface area contributed by atoms with Crippen LogP contribution < -0.4 is 4.90 Å². The first-order valence-electron chi connectivity index (χ1n) is 10.5. The van der Waals surface area contributed by atoms with Gasteiger partial charge in [0.1, 0.15) is 5.82 Å². The van der Waals surface area contributed by atoms with Crippen molar-refractivity contribution >= 4 is 5.82 Å². The highest BCUT2D eigenvalue weighted by Crippen LogP contribution is 2.15. The lowest BCUT2D eigenvalue weighted by Gasteiger charge is -2.35. The van der Waals surface area contributed by atoms with Gasteiger partial charge in [0.2, 0.25) is 5.82 Å². The summed E-state index contributed by atoms with van der Waals surface area (Å²) < 4.78 is 0. The number of aromatic nitrogens is 5. The van der Waals surface area contributed by atoms with E-state index < -0.39 is 0 Å². The summed E-state index contributed by atoms with van der Waals surface area (Å²) in [7, 11) is 0. The Balaban J connectivity index is 1.13. The van der Waals surface area contributed by atoms with E-state index >= 15 is 0 Å². The van der Waals surface area contributed by atoms with Gasteiger partial charge in [0.05, 0.1) is 18.2 Å². The first kappa shape index (κ1) is 20.0. The zero-order chi connectivity index (χ0) is 20.6. The minimum atomic E-state index is 0.667. The van der Waals surface area contributed by atoms with Gasteiger partial charge in [0.25, 0.3) is 0 Å². The van der Waals surface area contributed by atoms with Crippen LogP contribution in [0.2, 0.25) is 0 Å². The molecule has 0 amide bonds. The molecular weight excluding hydrogens is 376 g/mol. The normalized spacial score (nSPS) is 14.6. The molecule has 2 aromatic heterocycles. The molecule has 8 heteroatoms. The van der Waals surface area contributed by atoms with Crippen LogP contribution in [0.15, 0.2) is 48.7 Å². The minimum Gasteiger partial charge on any atom is -0.354 e. The minimum absolute atomic E-state index is 0.667. The van der Waals surface area contributed by atoms with Gasteiger partial charge in [-0.05, 0) is 36.7 Å². The standard InChI is InChI=1S/C22H26N8/c23-18-19-9-10-24-21(17-19)29-15-13-28(14-16-29)11-5-2-6-12-30-26-22(25-27-30)20-7-3-1-4-8-20/h1,3-4,7-10,17H,2,5-6,11-16H2. The van der Waals surface area contributed by atoms with Crippen molar-refractivity contribution in [3.8, 4) is 17.5 Å². The molecule has 4 rings (SSSR count). The average molecular weight is 403 g/mol. The van der Waals surface area contributed by atoms with Gasteiger partial charge in [-0.15, -0.1) is 10.2 Å². The van der Waals surface area contributed by atoms with E-state index in [0.717, 1.165) is 63.5 Å². The number of hydrogen-bond donors (Lipinski definition) is 0. The van der Waals surface area contributed by atoms with Crippen LogP contribution in [0.5, 0.6) is 0 Å². The van der Waals surface area contributed by atoms with Crippen molar-refractivity contribution in [2.75, 3.05) is 37.6 Å². The summed E-state index contributed by atoms with van der Waals surface area (Å²) >= 11 is 0. The number of anilines is 1. The molecular formula is C22H26N8. The molecule has 0 aliphatic carbocycles. The molecule has 0 saturated carbocycles. The highest BCUT2D eigenvalue weighted by molar-refractivity contribution is 5.52. The number of benzene rings is 1. The van der Waals surface area contributed by atoms with Crippen molar-refractivity contribution in [2.45, 2.75) is 25.8 Å². The van der Waals surface area contributed by atoms with E-state index in [4.69, 9.17) is 5.26 Å². The maximum atomic E-state index is 9.05. The van der Waals surface area contributed by atoms with E-state index in [9.17, 15) is 0 Å². The zero-order valence-electron chi connectivity index (χ0n) is 17.1. The van der Waals surface area contributed by atoms with Gasteiger partial charge in [0, 0.05) is 37.9 Å². The van der Waals surface area contributed by atoms with Gasteiger partial charge in [-0.2, -0.15) is 10.1 Å². The second-order valence-corrected chi connectivity index (χ2v) is 7.48. The number of aryl methyl sites for hydroxylation is 1. The molecule has 1 aliphatic rings. The fraction of sp³-hybridized carbons (Fsp3) is 0.409. The van der Waals surface area contributed by atoms with Crippen molar-refractivity contribution in [3.05, 3.63) is 54.2 Å². The van der Waals surface area contributed by atoms with E-state index in [1.807, 2.05) is 36.4 Å². The van der Waals surface area contributed by atoms with Crippen LogP contribution in [0, 0.1) is 11.3 Å². The van der Waals surface area contributed by atoms with Crippen LogP contribution in [0.1, 0.15) is 24.8 Å². The van der Waals surface area contributed by atoms with E-state index in [0.29, 0.717) is 11.4 Å². The summed E-state index contributed by atoms with van der Waals surface area (Å²) in [6.07, 6.45) is 5.08. The highest BCUT2D eigenvalue weighted by atomic mass is 15.6. The molecule has 1 saturated heterocycles. The number of rotatable bonds is 8. The van der Waals surface area contributed by atoms with Gasteiger partial charge in [-0.25, -0.2) is 4.98 Å². The lowest BCUT2D eigenvalue weighted by Crippen LogP contribution is -2.46.